The van der Waals surface area contributed by atoms with Crippen molar-refractivity contribution in [3.8, 4) is 0 Å². The van der Waals surface area contributed by atoms with Crippen LogP contribution >= 0.6 is 0 Å². The molecule has 10 heteroatoms. The number of carbonyl (C=O) groups excluding carboxylic acids is 1. The Labute approximate surface area is 154 Å². The number of nitrogens with zero attached hydrogens (tertiary/aromatic N) is 4. The zero-order chi connectivity index (χ0) is 19.1. The number of rotatable bonds is 8. The molecule has 9 nitrogen and oxygen atoms in total. The van der Waals surface area contributed by atoms with E-state index in [9.17, 15) is 9.18 Å². The maximum Gasteiger partial charge on any atom is 0.269 e. The number of aryl methyl sites for hydroxylation is 1. The third-order valence-corrected chi connectivity index (χ3v) is 3.73. The number of aromatic nitrogens is 4. The predicted octanol–water partition coefficient (Wildman–Crippen LogP) is 1.65. The van der Waals surface area contributed by atoms with Crippen molar-refractivity contribution in [2.75, 3.05) is 23.0 Å². The van der Waals surface area contributed by atoms with Crippen molar-refractivity contribution in [2.24, 2.45) is 0 Å². The zero-order valence-corrected chi connectivity index (χ0v) is 14.4. The van der Waals surface area contributed by atoms with E-state index < -0.39 is 11.7 Å². The van der Waals surface area contributed by atoms with Crippen LogP contribution in [0.2, 0.25) is 0 Å². The lowest BCUT2D eigenvalue weighted by atomic mass is 10.2. The quantitative estimate of drug-likeness (QED) is 0.351. The number of nitrogens with one attached hydrogen (secondary N) is 3. The largest absolute Gasteiger partial charge is 0.393 e. The Kier molecular flexibility index (Phi) is 5.77. The molecule has 1 aromatic carbocycles. The summed E-state index contributed by atoms with van der Waals surface area (Å²) in [5, 5.41) is 3.14. The molecule has 0 saturated heterocycles. The standard InChI is InChI=1S/C17H19FN8O/c18-13-4-2-12(3-5-13)17(27)25-24-16-14(19)15(22-10-23-16)21-6-1-8-26-9-7-20-11-26/h2-5,7,9-11H,1,6,8,19H2,(H,25,27)(H2,21,22,23,24). The molecular formula is C17H19FN8O. The fourth-order valence-electron chi connectivity index (χ4n) is 2.31. The number of hydrogen-bond acceptors (Lipinski definition) is 7. The van der Waals surface area contributed by atoms with Crippen molar-refractivity contribution < 1.29 is 9.18 Å². The first-order valence-electron chi connectivity index (χ1n) is 8.25. The predicted molar refractivity (Wildman–Crippen MR) is 99.3 cm³/mol. The first kappa shape index (κ1) is 18.1. The van der Waals surface area contributed by atoms with Crippen LogP contribution in [-0.4, -0.2) is 32.0 Å². The minimum absolute atomic E-state index is 0.262. The lowest BCUT2D eigenvalue weighted by molar-refractivity contribution is 0.0962. The van der Waals surface area contributed by atoms with Gasteiger partial charge < -0.3 is 15.6 Å². The number of anilines is 3. The fraction of sp³-hybridized carbons (Fsp3) is 0.176. The number of hydrogen-bond donors (Lipinski definition) is 4. The van der Waals surface area contributed by atoms with Gasteiger partial charge in [-0.2, -0.15) is 0 Å². The molecule has 2 aromatic heterocycles. The summed E-state index contributed by atoms with van der Waals surface area (Å²) in [4.78, 5) is 24.2. The highest BCUT2D eigenvalue weighted by atomic mass is 19.1. The Balaban J connectivity index is 1.52. The second-order valence-corrected chi connectivity index (χ2v) is 5.65. The van der Waals surface area contributed by atoms with Gasteiger partial charge in [0.25, 0.3) is 5.91 Å². The number of amides is 1. The maximum atomic E-state index is 12.9. The third kappa shape index (κ3) is 4.91. The normalized spacial score (nSPS) is 10.4. The molecule has 0 atom stereocenters. The maximum absolute atomic E-state index is 12.9. The van der Waals surface area contributed by atoms with Gasteiger partial charge in [0.1, 0.15) is 17.8 Å². The van der Waals surface area contributed by atoms with Crippen LogP contribution in [0.4, 0.5) is 21.7 Å². The van der Waals surface area contributed by atoms with Crippen molar-refractivity contribution in [1.82, 2.24) is 24.9 Å². The molecule has 0 fully saturated rings. The first-order valence-corrected chi connectivity index (χ1v) is 8.25. The van der Waals surface area contributed by atoms with E-state index in [1.54, 1.807) is 12.5 Å². The van der Waals surface area contributed by atoms with Crippen molar-refractivity contribution in [3.63, 3.8) is 0 Å². The van der Waals surface area contributed by atoms with E-state index in [2.05, 4.69) is 31.1 Å². The van der Waals surface area contributed by atoms with E-state index in [4.69, 9.17) is 5.73 Å². The average molecular weight is 370 g/mol. The summed E-state index contributed by atoms with van der Waals surface area (Å²) in [6.45, 7) is 1.47. The molecule has 140 valence electrons. The number of nitrogen functional groups attached to an aromatic ring is 1. The van der Waals surface area contributed by atoms with E-state index in [1.165, 1.54) is 30.6 Å². The number of halogens is 1. The Hall–Kier alpha value is -3.69. The molecule has 0 aliphatic carbocycles. The third-order valence-electron chi connectivity index (χ3n) is 3.73. The molecule has 2 heterocycles. The molecular weight excluding hydrogens is 351 g/mol. The van der Waals surface area contributed by atoms with Crippen LogP contribution in [-0.2, 0) is 6.54 Å². The molecule has 0 radical (unpaired) electrons. The second-order valence-electron chi connectivity index (χ2n) is 5.65. The van der Waals surface area contributed by atoms with Gasteiger partial charge in [0, 0.05) is 31.0 Å². The van der Waals surface area contributed by atoms with Crippen LogP contribution in [0.5, 0.6) is 0 Å². The summed E-state index contributed by atoms with van der Waals surface area (Å²) >= 11 is 0. The van der Waals surface area contributed by atoms with E-state index >= 15 is 0 Å². The highest BCUT2D eigenvalue weighted by Crippen LogP contribution is 2.21. The van der Waals surface area contributed by atoms with E-state index in [1.807, 2.05) is 10.8 Å². The monoisotopic (exact) mass is 370 g/mol. The van der Waals surface area contributed by atoms with Crippen molar-refractivity contribution in [2.45, 2.75) is 13.0 Å². The first-order chi connectivity index (χ1) is 13.1. The SMILES string of the molecule is Nc1c(NCCCn2ccnc2)ncnc1NNC(=O)c1ccc(F)cc1. The van der Waals surface area contributed by atoms with Crippen molar-refractivity contribution in [1.29, 1.82) is 0 Å². The zero-order valence-electron chi connectivity index (χ0n) is 14.4. The molecule has 5 N–H and O–H groups in total. The van der Waals surface area contributed by atoms with Crippen LogP contribution < -0.4 is 21.9 Å². The number of carbonyl (C=O) groups is 1. The van der Waals surface area contributed by atoms with Crippen LogP contribution in [0, 0.1) is 5.82 Å². The van der Waals surface area contributed by atoms with E-state index in [0.717, 1.165) is 13.0 Å². The molecule has 0 aliphatic heterocycles. The lowest BCUT2D eigenvalue weighted by Gasteiger charge is -2.13. The van der Waals surface area contributed by atoms with Crippen LogP contribution in [0.25, 0.3) is 0 Å². The number of benzene rings is 1. The van der Waals surface area contributed by atoms with Gasteiger partial charge in [-0.05, 0) is 30.7 Å². The minimum Gasteiger partial charge on any atom is -0.393 e. The highest BCUT2D eigenvalue weighted by Gasteiger charge is 2.10. The molecule has 0 bridgehead atoms. The summed E-state index contributed by atoms with van der Waals surface area (Å²) in [5.41, 5.74) is 11.7. The van der Waals surface area contributed by atoms with Gasteiger partial charge in [-0.1, -0.05) is 0 Å². The molecule has 3 aromatic rings. The second kappa shape index (κ2) is 8.61. The van der Waals surface area contributed by atoms with Gasteiger partial charge >= 0.3 is 0 Å². The molecule has 1 amide bonds. The van der Waals surface area contributed by atoms with Gasteiger partial charge in [-0.15, -0.1) is 0 Å². The number of nitrogens with two attached hydrogens (primary N) is 1. The van der Waals surface area contributed by atoms with Gasteiger partial charge in [0.15, 0.2) is 11.6 Å². The van der Waals surface area contributed by atoms with Crippen molar-refractivity contribution >= 4 is 23.2 Å². The number of hydrazine groups is 1. The van der Waals surface area contributed by atoms with Crippen molar-refractivity contribution in [3.05, 3.63) is 60.7 Å². The lowest BCUT2D eigenvalue weighted by Crippen LogP contribution is -2.30. The Morgan fingerprint density at radius 1 is 1.19 bits per heavy atom. The van der Waals surface area contributed by atoms with E-state index in [-0.39, 0.29) is 11.5 Å². The molecule has 0 saturated carbocycles. The minimum atomic E-state index is -0.442. The number of imidazole rings is 1. The Morgan fingerprint density at radius 2 is 1.96 bits per heavy atom. The summed E-state index contributed by atoms with van der Waals surface area (Å²) in [7, 11) is 0. The Morgan fingerprint density at radius 3 is 2.70 bits per heavy atom. The van der Waals surface area contributed by atoms with Crippen LogP contribution in [0.1, 0.15) is 16.8 Å². The summed E-state index contributed by atoms with van der Waals surface area (Å²) in [6.07, 6.45) is 7.56. The summed E-state index contributed by atoms with van der Waals surface area (Å²) in [6, 6.07) is 5.17. The Bertz CT molecular complexity index is 882. The van der Waals surface area contributed by atoms with Gasteiger partial charge in [0.2, 0.25) is 0 Å². The average Bonchev–Trinajstić information content (AvgIpc) is 3.19. The molecule has 27 heavy (non-hydrogen) atoms. The van der Waals surface area contributed by atoms with Gasteiger partial charge in [-0.25, -0.2) is 19.3 Å². The van der Waals surface area contributed by atoms with Gasteiger partial charge in [0.05, 0.1) is 6.33 Å². The topological polar surface area (TPSA) is 123 Å². The molecule has 3 rings (SSSR count). The summed E-state index contributed by atoms with van der Waals surface area (Å²) in [5.74, 6) is -0.127. The van der Waals surface area contributed by atoms with Crippen LogP contribution in [0.15, 0.2) is 49.3 Å². The smallest absolute Gasteiger partial charge is 0.269 e. The molecule has 0 spiro atoms. The summed E-state index contributed by atoms with van der Waals surface area (Å²) < 4.78 is 14.9. The molecule has 0 aliphatic rings. The molecule has 0 unspecified atom stereocenters. The van der Waals surface area contributed by atoms with E-state index in [0.29, 0.717) is 17.9 Å². The highest BCUT2D eigenvalue weighted by molar-refractivity contribution is 5.95. The fourth-order valence-corrected chi connectivity index (χ4v) is 2.31. The van der Waals surface area contributed by atoms with Gasteiger partial charge in [-0.3, -0.25) is 15.6 Å². The van der Waals surface area contributed by atoms with Crippen LogP contribution in [0.3, 0.4) is 0 Å².